The summed E-state index contributed by atoms with van der Waals surface area (Å²) in [6, 6.07) is 10.6. The fraction of sp³-hybridized carbons (Fsp3) is 0.188. The number of hydrogen-bond donors (Lipinski definition) is 1. The maximum atomic E-state index is 12.9. The number of rotatable bonds is 4. The highest BCUT2D eigenvalue weighted by Crippen LogP contribution is 2.24. The smallest absolute Gasteiger partial charge is 0.255 e. The van der Waals surface area contributed by atoms with E-state index in [4.69, 9.17) is 16.3 Å². The van der Waals surface area contributed by atoms with Gasteiger partial charge in [0, 0.05) is 5.02 Å². The summed E-state index contributed by atoms with van der Waals surface area (Å²) in [4.78, 5) is 12.3. The molecule has 0 heterocycles. The molecule has 0 aliphatic rings. The summed E-state index contributed by atoms with van der Waals surface area (Å²) in [7, 11) is 1.48. The summed E-state index contributed by atoms with van der Waals surface area (Å²) >= 11 is 5.87. The largest absolute Gasteiger partial charge is 0.496 e. The van der Waals surface area contributed by atoms with Crippen molar-refractivity contribution >= 4 is 17.5 Å². The first-order valence-corrected chi connectivity index (χ1v) is 6.79. The fourth-order valence-corrected chi connectivity index (χ4v) is 2.12. The quantitative estimate of drug-likeness (QED) is 0.928. The second-order valence-corrected chi connectivity index (χ2v) is 5.03. The van der Waals surface area contributed by atoms with Crippen LogP contribution in [-0.2, 0) is 0 Å². The maximum Gasteiger partial charge on any atom is 0.255 e. The number of benzene rings is 2. The van der Waals surface area contributed by atoms with Crippen molar-refractivity contribution in [3.8, 4) is 5.75 Å². The molecule has 0 bridgehead atoms. The van der Waals surface area contributed by atoms with Crippen LogP contribution in [0.15, 0.2) is 42.5 Å². The number of nitrogens with one attached hydrogen (secondary N) is 1. The Kier molecular flexibility index (Phi) is 4.81. The van der Waals surface area contributed by atoms with Crippen LogP contribution in [0.3, 0.4) is 0 Å². The number of amides is 1. The van der Waals surface area contributed by atoms with Gasteiger partial charge in [-0.25, -0.2) is 4.39 Å². The Labute approximate surface area is 127 Å². The Morgan fingerprint density at radius 1 is 1.24 bits per heavy atom. The minimum atomic E-state index is -0.309. The number of halogens is 2. The Bertz CT molecular complexity index is 643. The van der Waals surface area contributed by atoms with E-state index < -0.39 is 0 Å². The topological polar surface area (TPSA) is 38.3 Å². The van der Waals surface area contributed by atoms with Crippen LogP contribution in [0.2, 0.25) is 5.02 Å². The summed E-state index contributed by atoms with van der Waals surface area (Å²) in [5, 5.41) is 3.34. The van der Waals surface area contributed by atoms with Crippen LogP contribution in [0.1, 0.15) is 28.9 Å². The summed E-state index contributed by atoms with van der Waals surface area (Å²) in [6.45, 7) is 1.83. The highest BCUT2D eigenvalue weighted by molar-refractivity contribution is 6.30. The molecule has 0 spiro atoms. The highest BCUT2D eigenvalue weighted by Gasteiger charge is 2.15. The van der Waals surface area contributed by atoms with Crippen molar-refractivity contribution in [3.05, 3.63) is 64.4 Å². The minimum Gasteiger partial charge on any atom is -0.496 e. The Morgan fingerprint density at radius 2 is 1.90 bits per heavy atom. The van der Waals surface area contributed by atoms with Crippen LogP contribution in [0.5, 0.6) is 5.75 Å². The van der Waals surface area contributed by atoms with Crippen molar-refractivity contribution in [1.82, 2.24) is 5.32 Å². The molecule has 2 aromatic rings. The predicted octanol–water partition coefficient (Wildman–Crippen LogP) is 3.98. The molecule has 3 nitrogen and oxygen atoms in total. The lowest BCUT2D eigenvalue weighted by Gasteiger charge is -2.16. The molecule has 0 aliphatic carbocycles. The SMILES string of the molecule is COc1cc(Cl)ccc1C(=O)N[C@H](C)c1ccc(F)cc1. The van der Waals surface area contributed by atoms with Crippen LogP contribution in [0, 0.1) is 5.82 Å². The van der Waals surface area contributed by atoms with E-state index in [0.717, 1.165) is 5.56 Å². The number of carbonyl (C=O) groups excluding carboxylic acids is 1. The molecule has 0 aromatic heterocycles. The molecule has 0 unspecified atom stereocenters. The average molecular weight is 308 g/mol. The molecule has 1 N–H and O–H groups in total. The van der Waals surface area contributed by atoms with Crippen LogP contribution < -0.4 is 10.1 Å². The van der Waals surface area contributed by atoms with Crippen molar-refractivity contribution in [1.29, 1.82) is 0 Å². The Hall–Kier alpha value is -2.07. The summed E-state index contributed by atoms with van der Waals surface area (Å²) in [5.74, 6) is -0.178. The average Bonchev–Trinajstić information content (AvgIpc) is 2.47. The van der Waals surface area contributed by atoms with Gasteiger partial charge in [-0.1, -0.05) is 23.7 Å². The lowest BCUT2D eigenvalue weighted by molar-refractivity contribution is 0.0937. The zero-order chi connectivity index (χ0) is 15.4. The highest BCUT2D eigenvalue weighted by atomic mass is 35.5. The van der Waals surface area contributed by atoms with Gasteiger partial charge in [0.2, 0.25) is 0 Å². The summed E-state index contributed by atoms with van der Waals surface area (Å²) in [5.41, 5.74) is 1.22. The van der Waals surface area contributed by atoms with Crippen molar-refractivity contribution in [2.24, 2.45) is 0 Å². The number of methoxy groups -OCH3 is 1. The fourth-order valence-electron chi connectivity index (χ4n) is 1.96. The molecule has 0 saturated carbocycles. The third-order valence-corrected chi connectivity index (χ3v) is 3.36. The lowest BCUT2D eigenvalue weighted by Crippen LogP contribution is -2.27. The van der Waals surface area contributed by atoms with Gasteiger partial charge in [0.05, 0.1) is 18.7 Å². The summed E-state index contributed by atoms with van der Waals surface area (Å²) < 4.78 is 18.1. The van der Waals surface area contributed by atoms with Gasteiger partial charge in [-0.2, -0.15) is 0 Å². The molecule has 2 rings (SSSR count). The van der Waals surface area contributed by atoms with Crippen LogP contribution in [-0.4, -0.2) is 13.0 Å². The third-order valence-electron chi connectivity index (χ3n) is 3.13. The van der Waals surface area contributed by atoms with Gasteiger partial charge < -0.3 is 10.1 Å². The predicted molar refractivity (Wildman–Crippen MR) is 80.3 cm³/mol. The van der Waals surface area contributed by atoms with Crippen molar-refractivity contribution < 1.29 is 13.9 Å². The van der Waals surface area contributed by atoms with E-state index in [0.29, 0.717) is 16.3 Å². The first-order valence-electron chi connectivity index (χ1n) is 6.41. The zero-order valence-corrected chi connectivity index (χ0v) is 12.4. The van der Waals surface area contributed by atoms with Crippen molar-refractivity contribution in [3.63, 3.8) is 0 Å². The molecular weight excluding hydrogens is 293 g/mol. The van der Waals surface area contributed by atoms with Gasteiger partial charge in [-0.3, -0.25) is 4.79 Å². The van der Waals surface area contributed by atoms with Crippen molar-refractivity contribution in [2.75, 3.05) is 7.11 Å². The van der Waals surface area contributed by atoms with Crippen molar-refractivity contribution in [2.45, 2.75) is 13.0 Å². The molecule has 0 radical (unpaired) electrons. The molecule has 1 atom stereocenters. The normalized spacial score (nSPS) is 11.8. The third kappa shape index (κ3) is 3.73. The molecule has 0 fully saturated rings. The van der Waals surface area contributed by atoms with E-state index >= 15 is 0 Å². The van der Waals surface area contributed by atoms with Gasteiger partial charge in [-0.05, 0) is 42.8 Å². The Balaban J connectivity index is 2.16. The molecule has 0 saturated heterocycles. The number of ether oxygens (including phenoxy) is 1. The van der Waals surface area contributed by atoms with E-state index in [1.54, 1.807) is 30.3 Å². The van der Waals surface area contributed by atoms with Gasteiger partial charge in [0.1, 0.15) is 11.6 Å². The number of hydrogen-bond acceptors (Lipinski definition) is 2. The second-order valence-electron chi connectivity index (χ2n) is 4.59. The first kappa shape index (κ1) is 15.3. The molecule has 21 heavy (non-hydrogen) atoms. The van der Waals surface area contributed by atoms with Gasteiger partial charge in [0.25, 0.3) is 5.91 Å². The van der Waals surface area contributed by atoms with E-state index in [1.807, 2.05) is 6.92 Å². The van der Waals surface area contributed by atoms with E-state index in [1.165, 1.54) is 19.2 Å². The van der Waals surface area contributed by atoms with Gasteiger partial charge in [-0.15, -0.1) is 0 Å². The minimum absolute atomic E-state index is 0.251. The molecule has 0 aliphatic heterocycles. The molecule has 5 heteroatoms. The maximum absolute atomic E-state index is 12.9. The lowest BCUT2D eigenvalue weighted by atomic mass is 10.1. The van der Waals surface area contributed by atoms with Crippen LogP contribution in [0.25, 0.3) is 0 Å². The van der Waals surface area contributed by atoms with Gasteiger partial charge in [0.15, 0.2) is 0 Å². The second kappa shape index (κ2) is 6.59. The van der Waals surface area contributed by atoms with E-state index in [-0.39, 0.29) is 17.8 Å². The standard InChI is InChI=1S/C16H15ClFNO2/c1-10(11-3-6-13(18)7-4-11)19-16(20)14-8-5-12(17)9-15(14)21-2/h3-10H,1-2H3,(H,19,20)/t10-/m1/s1. The molecule has 1 amide bonds. The number of carbonyl (C=O) groups is 1. The monoisotopic (exact) mass is 307 g/mol. The first-order chi connectivity index (χ1) is 10.0. The molecule has 110 valence electrons. The Morgan fingerprint density at radius 3 is 2.52 bits per heavy atom. The van der Waals surface area contributed by atoms with Crippen LogP contribution in [0.4, 0.5) is 4.39 Å². The molecule has 2 aromatic carbocycles. The molecular formula is C16H15ClFNO2. The zero-order valence-electron chi connectivity index (χ0n) is 11.7. The van der Waals surface area contributed by atoms with E-state index in [2.05, 4.69) is 5.32 Å². The summed E-state index contributed by atoms with van der Waals surface area (Å²) in [6.07, 6.45) is 0. The van der Waals surface area contributed by atoms with Gasteiger partial charge >= 0.3 is 0 Å². The van der Waals surface area contributed by atoms with Crippen LogP contribution >= 0.6 is 11.6 Å². The van der Waals surface area contributed by atoms with E-state index in [9.17, 15) is 9.18 Å².